The maximum absolute atomic E-state index is 12.2. The predicted molar refractivity (Wildman–Crippen MR) is 105 cm³/mol. The molecule has 2 rings (SSSR count). The second-order valence-corrected chi connectivity index (χ2v) is 8.38. The van der Waals surface area contributed by atoms with E-state index in [1.807, 2.05) is 12.3 Å². The van der Waals surface area contributed by atoms with E-state index in [0.29, 0.717) is 5.69 Å². The van der Waals surface area contributed by atoms with E-state index in [9.17, 15) is 18.0 Å². The summed E-state index contributed by atoms with van der Waals surface area (Å²) in [6.07, 6.45) is 1.91. The van der Waals surface area contributed by atoms with Gasteiger partial charge in [0, 0.05) is 10.6 Å². The summed E-state index contributed by atoms with van der Waals surface area (Å²) < 4.78 is 30.8. The Balaban J connectivity index is 2.04. The third-order valence-corrected chi connectivity index (χ3v) is 5.89. The molecule has 0 aromatic heterocycles. The molecule has 0 aliphatic carbocycles. The maximum Gasteiger partial charge on any atom is 0.340 e. The Morgan fingerprint density at radius 3 is 2.59 bits per heavy atom. The summed E-state index contributed by atoms with van der Waals surface area (Å²) in [6.45, 7) is -0.540. The molecule has 0 saturated heterocycles. The Bertz CT molecular complexity index is 964. The van der Waals surface area contributed by atoms with Gasteiger partial charge in [-0.05, 0) is 49.7 Å². The quantitative estimate of drug-likeness (QED) is 0.519. The number of esters is 1. The highest BCUT2D eigenvalue weighted by atomic mass is 35.5. The molecule has 2 aromatic carbocycles. The molecule has 1 amide bonds. The Kier molecular flexibility index (Phi) is 7.25. The average molecular weight is 429 g/mol. The molecule has 0 atom stereocenters. The van der Waals surface area contributed by atoms with E-state index in [1.165, 1.54) is 30.9 Å². The molecule has 27 heavy (non-hydrogen) atoms. The van der Waals surface area contributed by atoms with Gasteiger partial charge in [-0.15, -0.1) is 11.8 Å². The molecule has 0 aliphatic rings. The van der Waals surface area contributed by atoms with Gasteiger partial charge in [0.2, 0.25) is 10.0 Å². The molecule has 10 heteroatoms. The zero-order valence-corrected chi connectivity index (χ0v) is 16.9. The van der Waals surface area contributed by atoms with Crippen molar-refractivity contribution >= 4 is 50.9 Å². The fraction of sp³-hybridized carbons (Fsp3) is 0.176. The zero-order valence-electron chi connectivity index (χ0n) is 14.5. The van der Waals surface area contributed by atoms with Gasteiger partial charge in [-0.1, -0.05) is 17.7 Å². The largest absolute Gasteiger partial charge is 0.452 e. The Labute approximate surface area is 166 Å². The molecule has 144 valence electrons. The van der Waals surface area contributed by atoms with Gasteiger partial charge < -0.3 is 10.1 Å². The van der Waals surface area contributed by atoms with Crippen LogP contribution >= 0.6 is 23.4 Å². The lowest BCUT2D eigenvalue weighted by molar-refractivity contribution is -0.119. The van der Waals surface area contributed by atoms with Crippen LogP contribution < -0.4 is 10.0 Å². The van der Waals surface area contributed by atoms with E-state index in [-0.39, 0.29) is 15.5 Å². The first kappa shape index (κ1) is 21.2. The Morgan fingerprint density at radius 1 is 1.19 bits per heavy atom. The normalized spacial score (nSPS) is 11.1. The number of ether oxygens (including phenoxy) is 1. The van der Waals surface area contributed by atoms with Crippen molar-refractivity contribution in [2.24, 2.45) is 0 Å². The van der Waals surface area contributed by atoms with Gasteiger partial charge in [-0.3, -0.25) is 4.79 Å². The standard InChI is InChI=1S/C17H17ClN2O5S2/c1-19-27(23,24)13-6-7-15(18)14(9-13)17(22)25-10-16(21)20-11-4-3-5-12(8-11)26-2/h3-9,19H,10H2,1-2H3,(H,20,21). The summed E-state index contributed by atoms with van der Waals surface area (Å²) in [6, 6.07) is 10.8. The number of halogens is 1. The second-order valence-electron chi connectivity index (χ2n) is 5.21. The molecule has 0 radical (unpaired) electrons. The van der Waals surface area contributed by atoms with Crippen LogP contribution in [0.25, 0.3) is 0 Å². The lowest BCUT2D eigenvalue weighted by Crippen LogP contribution is -2.22. The molecule has 0 heterocycles. The topological polar surface area (TPSA) is 102 Å². The summed E-state index contributed by atoms with van der Waals surface area (Å²) in [5.74, 6) is -1.43. The number of nitrogens with one attached hydrogen (secondary N) is 2. The number of anilines is 1. The average Bonchev–Trinajstić information content (AvgIpc) is 2.66. The molecule has 0 spiro atoms. The Morgan fingerprint density at radius 2 is 1.93 bits per heavy atom. The minimum atomic E-state index is -3.75. The van der Waals surface area contributed by atoms with Gasteiger partial charge >= 0.3 is 5.97 Å². The van der Waals surface area contributed by atoms with Gasteiger partial charge in [0.15, 0.2) is 6.61 Å². The molecule has 0 bridgehead atoms. The SMILES string of the molecule is CNS(=O)(=O)c1ccc(Cl)c(C(=O)OCC(=O)Nc2cccc(SC)c2)c1. The smallest absolute Gasteiger partial charge is 0.340 e. The molecule has 0 unspecified atom stereocenters. The maximum atomic E-state index is 12.2. The van der Waals surface area contributed by atoms with Crippen LogP contribution in [-0.2, 0) is 19.6 Å². The van der Waals surface area contributed by atoms with E-state index in [2.05, 4.69) is 10.0 Å². The first-order chi connectivity index (χ1) is 12.8. The molecular formula is C17H17ClN2O5S2. The monoisotopic (exact) mass is 428 g/mol. The molecule has 7 nitrogen and oxygen atoms in total. The van der Waals surface area contributed by atoms with Crippen LogP contribution in [0.4, 0.5) is 5.69 Å². The summed E-state index contributed by atoms with van der Waals surface area (Å²) >= 11 is 7.47. The van der Waals surface area contributed by atoms with E-state index in [0.717, 1.165) is 11.0 Å². The van der Waals surface area contributed by atoms with E-state index in [1.54, 1.807) is 18.2 Å². The highest BCUT2D eigenvalue weighted by molar-refractivity contribution is 7.98. The van der Waals surface area contributed by atoms with Crippen molar-refractivity contribution in [1.29, 1.82) is 0 Å². The fourth-order valence-corrected chi connectivity index (χ4v) is 3.46. The summed E-state index contributed by atoms with van der Waals surface area (Å²) in [4.78, 5) is 25.0. The number of benzene rings is 2. The number of carbonyl (C=O) groups excluding carboxylic acids is 2. The van der Waals surface area contributed by atoms with Gasteiger partial charge in [0.05, 0.1) is 15.5 Å². The van der Waals surface area contributed by atoms with Gasteiger partial charge in [-0.2, -0.15) is 0 Å². The van der Waals surface area contributed by atoms with Crippen LogP contribution in [0.5, 0.6) is 0 Å². The number of sulfonamides is 1. The van der Waals surface area contributed by atoms with Crippen molar-refractivity contribution in [3.05, 3.63) is 53.1 Å². The number of carbonyl (C=O) groups is 2. The van der Waals surface area contributed by atoms with Crippen molar-refractivity contribution < 1.29 is 22.7 Å². The van der Waals surface area contributed by atoms with E-state index < -0.39 is 28.5 Å². The van der Waals surface area contributed by atoms with Crippen molar-refractivity contribution in [3.8, 4) is 0 Å². The molecule has 0 saturated carbocycles. The first-order valence-electron chi connectivity index (χ1n) is 7.61. The number of hydrogen-bond acceptors (Lipinski definition) is 6. The molecule has 2 N–H and O–H groups in total. The number of rotatable bonds is 7. The van der Waals surface area contributed by atoms with Crippen LogP contribution in [0, 0.1) is 0 Å². The lowest BCUT2D eigenvalue weighted by Gasteiger charge is -2.09. The number of amides is 1. The van der Waals surface area contributed by atoms with Crippen LogP contribution in [0.15, 0.2) is 52.3 Å². The zero-order chi connectivity index (χ0) is 20.0. The molecule has 0 fully saturated rings. The highest BCUT2D eigenvalue weighted by Gasteiger charge is 2.19. The van der Waals surface area contributed by atoms with Crippen LogP contribution in [0.1, 0.15) is 10.4 Å². The minimum absolute atomic E-state index is 0.0168. The molecule has 0 aliphatic heterocycles. The summed E-state index contributed by atoms with van der Waals surface area (Å²) in [5.41, 5.74) is 0.424. The molecule has 2 aromatic rings. The fourth-order valence-electron chi connectivity index (χ4n) is 2.05. The van der Waals surface area contributed by atoms with Crippen LogP contribution in [0.3, 0.4) is 0 Å². The number of hydrogen-bond donors (Lipinski definition) is 2. The molecular weight excluding hydrogens is 412 g/mol. The van der Waals surface area contributed by atoms with E-state index in [4.69, 9.17) is 16.3 Å². The summed E-state index contributed by atoms with van der Waals surface area (Å²) in [7, 11) is -2.50. The first-order valence-corrected chi connectivity index (χ1v) is 10.7. The van der Waals surface area contributed by atoms with Gasteiger partial charge in [0.25, 0.3) is 5.91 Å². The van der Waals surface area contributed by atoms with Crippen molar-refractivity contribution in [2.75, 3.05) is 25.2 Å². The van der Waals surface area contributed by atoms with E-state index >= 15 is 0 Å². The lowest BCUT2D eigenvalue weighted by atomic mass is 10.2. The third kappa shape index (κ3) is 5.70. The van der Waals surface area contributed by atoms with Crippen molar-refractivity contribution in [1.82, 2.24) is 4.72 Å². The number of thioether (sulfide) groups is 1. The van der Waals surface area contributed by atoms with Gasteiger partial charge in [0.1, 0.15) is 0 Å². The minimum Gasteiger partial charge on any atom is -0.452 e. The van der Waals surface area contributed by atoms with Crippen LogP contribution in [-0.4, -0.2) is 40.2 Å². The van der Waals surface area contributed by atoms with Crippen LogP contribution in [0.2, 0.25) is 5.02 Å². The summed E-state index contributed by atoms with van der Waals surface area (Å²) in [5, 5.41) is 2.63. The second kappa shape index (κ2) is 9.23. The van der Waals surface area contributed by atoms with Crippen molar-refractivity contribution in [2.45, 2.75) is 9.79 Å². The van der Waals surface area contributed by atoms with Crippen molar-refractivity contribution in [3.63, 3.8) is 0 Å². The van der Waals surface area contributed by atoms with Gasteiger partial charge in [-0.25, -0.2) is 17.9 Å². The highest BCUT2D eigenvalue weighted by Crippen LogP contribution is 2.22. The third-order valence-electron chi connectivity index (χ3n) is 3.42. The Hall–Kier alpha value is -2.07. The predicted octanol–water partition coefficient (Wildman–Crippen LogP) is 2.77.